The average molecular weight is 313 g/mol. The van der Waals surface area contributed by atoms with Gasteiger partial charge in [0.2, 0.25) is 5.95 Å². The van der Waals surface area contributed by atoms with Crippen molar-refractivity contribution in [3.63, 3.8) is 0 Å². The maximum atomic E-state index is 8.82. The van der Waals surface area contributed by atoms with Gasteiger partial charge in [0.15, 0.2) is 0 Å². The second kappa shape index (κ2) is 4.41. The standard InChI is InChI=1S/C14H9BrN4/c15-10-3-6-12-13(7-10)19(14(17)18-12)11-4-1-9(8-16)2-5-11/h1-7H,(H2,17,18). The van der Waals surface area contributed by atoms with E-state index in [2.05, 4.69) is 27.0 Å². The number of nitriles is 1. The molecule has 1 heterocycles. The van der Waals surface area contributed by atoms with Gasteiger partial charge >= 0.3 is 0 Å². The van der Waals surface area contributed by atoms with Crippen molar-refractivity contribution in [1.82, 2.24) is 9.55 Å². The zero-order valence-electron chi connectivity index (χ0n) is 9.84. The van der Waals surface area contributed by atoms with Crippen molar-refractivity contribution in [1.29, 1.82) is 5.26 Å². The summed E-state index contributed by atoms with van der Waals surface area (Å²) in [6.45, 7) is 0. The number of rotatable bonds is 1. The Balaban J connectivity index is 2.26. The predicted octanol–water partition coefficient (Wildman–Crippen LogP) is 3.24. The molecule has 92 valence electrons. The number of imidazole rings is 1. The summed E-state index contributed by atoms with van der Waals surface area (Å²) in [5.41, 5.74) is 9.25. The summed E-state index contributed by atoms with van der Waals surface area (Å²) < 4.78 is 2.83. The molecule has 3 rings (SSSR count). The van der Waals surface area contributed by atoms with E-state index >= 15 is 0 Å². The Morgan fingerprint density at radius 1 is 1.16 bits per heavy atom. The summed E-state index contributed by atoms with van der Waals surface area (Å²) >= 11 is 3.45. The molecule has 0 saturated carbocycles. The Hall–Kier alpha value is -2.32. The second-order valence-electron chi connectivity index (χ2n) is 4.10. The maximum absolute atomic E-state index is 8.82. The van der Waals surface area contributed by atoms with Gasteiger partial charge in [0.25, 0.3) is 0 Å². The average Bonchev–Trinajstić information content (AvgIpc) is 2.74. The first kappa shape index (κ1) is 11.8. The quantitative estimate of drug-likeness (QED) is 0.750. The molecule has 0 aliphatic carbocycles. The first-order chi connectivity index (χ1) is 9.19. The zero-order valence-corrected chi connectivity index (χ0v) is 11.4. The van der Waals surface area contributed by atoms with E-state index in [4.69, 9.17) is 11.0 Å². The summed E-state index contributed by atoms with van der Waals surface area (Å²) in [6, 6.07) is 15.1. The van der Waals surface area contributed by atoms with Crippen LogP contribution in [0.5, 0.6) is 0 Å². The summed E-state index contributed by atoms with van der Waals surface area (Å²) in [6.07, 6.45) is 0. The highest BCUT2D eigenvalue weighted by Crippen LogP contribution is 2.25. The van der Waals surface area contributed by atoms with Crippen molar-refractivity contribution in [3.05, 3.63) is 52.5 Å². The largest absolute Gasteiger partial charge is 0.369 e. The van der Waals surface area contributed by atoms with Crippen LogP contribution >= 0.6 is 15.9 Å². The van der Waals surface area contributed by atoms with Crippen molar-refractivity contribution >= 4 is 32.9 Å². The SMILES string of the molecule is N#Cc1ccc(-n2c(N)nc3ccc(Br)cc32)cc1. The van der Waals surface area contributed by atoms with Crippen LogP contribution in [0.15, 0.2) is 46.9 Å². The lowest BCUT2D eigenvalue weighted by Gasteiger charge is -2.06. The number of halogens is 1. The third-order valence-corrected chi connectivity index (χ3v) is 3.39. The molecular formula is C14H9BrN4. The normalized spacial score (nSPS) is 10.5. The number of hydrogen-bond acceptors (Lipinski definition) is 3. The van der Waals surface area contributed by atoms with Gasteiger partial charge in [-0.15, -0.1) is 0 Å². The smallest absolute Gasteiger partial charge is 0.205 e. The summed E-state index contributed by atoms with van der Waals surface area (Å²) in [5, 5.41) is 8.82. The first-order valence-electron chi connectivity index (χ1n) is 5.63. The Bertz CT molecular complexity index is 797. The molecule has 3 aromatic rings. The van der Waals surface area contributed by atoms with E-state index in [0.717, 1.165) is 21.2 Å². The minimum Gasteiger partial charge on any atom is -0.369 e. The molecule has 1 aromatic heterocycles. The van der Waals surface area contributed by atoms with Crippen LogP contribution in [0.1, 0.15) is 5.56 Å². The molecule has 5 heteroatoms. The molecule has 0 fully saturated rings. The van der Waals surface area contributed by atoms with Crippen LogP contribution in [0.4, 0.5) is 5.95 Å². The van der Waals surface area contributed by atoms with E-state index in [1.54, 1.807) is 12.1 Å². The van der Waals surface area contributed by atoms with E-state index in [1.807, 2.05) is 34.9 Å². The summed E-state index contributed by atoms with van der Waals surface area (Å²) in [5.74, 6) is 0.429. The van der Waals surface area contributed by atoms with Crippen LogP contribution in [0, 0.1) is 11.3 Å². The van der Waals surface area contributed by atoms with Gasteiger partial charge in [-0.05, 0) is 42.5 Å². The van der Waals surface area contributed by atoms with Crippen molar-refractivity contribution in [2.24, 2.45) is 0 Å². The van der Waals surface area contributed by atoms with Crippen molar-refractivity contribution in [2.45, 2.75) is 0 Å². The second-order valence-corrected chi connectivity index (χ2v) is 5.01. The number of nitrogens with zero attached hydrogens (tertiary/aromatic N) is 3. The molecule has 0 amide bonds. The molecule has 4 nitrogen and oxygen atoms in total. The van der Waals surface area contributed by atoms with Crippen LogP contribution in [0.3, 0.4) is 0 Å². The molecule has 2 aromatic carbocycles. The Kier molecular flexibility index (Phi) is 2.73. The number of benzene rings is 2. The number of anilines is 1. The van der Waals surface area contributed by atoms with E-state index in [1.165, 1.54) is 0 Å². The highest BCUT2D eigenvalue weighted by molar-refractivity contribution is 9.10. The number of aromatic nitrogens is 2. The van der Waals surface area contributed by atoms with Crippen molar-refractivity contribution in [3.8, 4) is 11.8 Å². The topological polar surface area (TPSA) is 67.6 Å². The highest BCUT2D eigenvalue weighted by Gasteiger charge is 2.10. The number of nitrogen functional groups attached to an aromatic ring is 1. The lowest BCUT2D eigenvalue weighted by molar-refractivity contribution is 1.11. The van der Waals surface area contributed by atoms with E-state index in [-0.39, 0.29) is 0 Å². The van der Waals surface area contributed by atoms with Gasteiger partial charge in [-0.25, -0.2) is 4.98 Å². The van der Waals surface area contributed by atoms with Crippen LogP contribution in [-0.4, -0.2) is 9.55 Å². The molecule has 0 unspecified atom stereocenters. The van der Waals surface area contributed by atoms with Crippen LogP contribution in [0.2, 0.25) is 0 Å². The fourth-order valence-corrected chi connectivity index (χ4v) is 2.37. The highest BCUT2D eigenvalue weighted by atomic mass is 79.9. The minimum absolute atomic E-state index is 0.429. The molecule has 0 saturated heterocycles. The fourth-order valence-electron chi connectivity index (χ4n) is 2.02. The lowest BCUT2D eigenvalue weighted by atomic mass is 10.2. The molecule has 0 radical (unpaired) electrons. The summed E-state index contributed by atoms with van der Waals surface area (Å²) in [4.78, 5) is 4.33. The molecule has 19 heavy (non-hydrogen) atoms. The first-order valence-corrected chi connectivity index (χ1v) is 6.42. The van der Waals surface area contributed by atoms with Gasteiger partial charge in [0, 0.05) is 10.2 Å². The molecule has 0 spiro atoms. The van der Waals surface area contributed by atoms with E-state index in [0.29, 0.717) is 11.5 Å². The van der Waals surface area contributed by atoms with Gasteiger partial charge in [-0.2, -0.15) is 5.26 Å². The fraction of sp³-hybridized carbons (Fsp3) is 0. The van der Waals surface area contributed by atoms with Crippen LogP contribution in [0.25, 0.3) is 16.7 Å². The van der Waals surface area contributed by atoms with Crippen LogP contribution in [-0.2, 0) is 0 Å². The molecule has 0 atom stereocenters. The van der Waals surface area contributed by atoms with Crippen molar-refractivity contribution in [2.75, 3.05) is 5.73 Å². The monoisotopic (exact) mass is 312 g/mol. The third kappa shape index (κ3) is 1.96. The Labute approximate surface area is 118 Å². The van der Waals surface area contributed by atoms with Gasteiger partial charge in [-0.1, -0.05) is 15.9 Å². The minimum atomic E-state index is 0.429. The maximum Gasteiger partial charge on any atom is 0.205 e. The molecular weight excluding hydrogens is 304 g/mol. The predicted molar refractivity (Wildman–Crippen MR) is 77.9 cm³/mol. The van der Waals surface area contributed by atoms with E-state index in [9.17, 15) is 0 Å². The van der Waals surface area contributed by atoms with Gasteiger partial charge in [0.05, 0.1) is 22.7 Å². The molecule has 0 aliphatic heterocycles. The zero-order chi connectivity index (χ0) is 13.4. The van der Waals surface area contributed by atoms with Gasteiger partial charge in [-0.3, -0.25) is 4.57 Å². The molecule has 0 bridgehead atoms. The van der Waals surface area contributed by atoms with Gasteiger partial charge in [0.1, 0.15) is 0 Å². The number of hydrogen-bond donors (Lipinski definition) is 1. The third-order valence-electron chi connectivity index (χ3n) is 2.90. The Morgan fingerprint density at radius 2 is 1.89 bits per heavy atom. The number of fused-ring (bicyclic) bond motifs is 1. The van der Waals surface area contributed by atoms with Crippen molar-refractivity contribution < 1.29 is 0 Å². The van der Waals surface area contributed by atoms with Gasteiger partial charge < -0.3 is 5.73 Å². The summed E-state index contributed by atoms with van der Waals surface area (Å²) in [7, 11) is 0. The lowest BCUT2D eigenvalue weighted by Crippen LogP contribution is -2.00. The molecule has 2 N–H and O–H groups in total. The molecule has 0 aliphatic rings. The Morgan fingerprint density at radius 3 is 2.58 bits per heavy atom. The van der Waals surface area contributed by atoms with Crippen LogP contribution < -0.4 is 5.73 Å². The number of nitrogens with two attached hydrogens (primary N) is 1. The van der Waals surface area contributed by atoms with E-state index < -0.39 is 0 Å².